The molecule has 188 valence electrons. The maximum absolute atomic E-state index is 5.31. The molecule has 2 aromatic carbocycles. The summed E-state index contributed by atoms with van der Waals surface area (Å²) in [6.07, 6.45) is 3.21. The minimum atomic E-state index is 0. The lowest BCUT2D eigenvalue weighted by atomic mass is 10.2. The molecular formula is C26H42N6S2. The Kier molecular flexibility index (Phi) is 17.6. The van der Waals surface area contributed by atoms with Crippen molar-refractivity contribution < 1.29 is 0 Å². The van der Waals surface area contributed by atoms with Crippen molar-refractivity contribution in [3.8, 4) is 0 Å². The molecule has 0 bridgehead atoms. The normalized spacial score (nSPS) is 10.1. The monoisotopic (exact) mass is 502 g/mol. The van der Waals surface area contributed by atoms with Crippen LogP contribution in [0.3, 0.4) is 0 Å². The summed E-state index contributed by atoms with van der Waals surface area (Å²) in [7, 11) is 0. The third-order valence-electron chi connectivity index (χ3n) is 4.93. The third-order valence-corrected chi connectivity index (χ3v) is 5.51. The summed E-state index contributed by atoms with van der Waals surface area (Å²) in [4.78, 5) is 0. The molecule has 0 radical (unpaired) electrons. The molecule has 0 aliphatic rings. The molecule has 0 fully saturated rings. The zero-order valence-corrected chi connectivity index (χ0v) is 21.0. The van der Waals surface area contributed by atoms with E-state index in [9.17, 15) is 0 Å². The highest BCUT2D eigenvalue weighted by molar-refractivity contribution is 7.80. The topological polar surface area (TPSA) is 72.2 Å². The van der Waals surface area contributed by atoms with Crippen molar-refractivity contribution in [2.45, 2.75) is 39.8 Å². The van der Waals surface area contributed by atoms with Crippen LogP contribution < -0.4 is 31.9 Å². The van der Waals surface area contributed by atoms with E-state index in [-0.39, 0.29) is 7.43 Å². The van der Waals surface area contributed by atoms with Crippen LogP contribution in [0.5, 0.6) is 0 Å². The van der Waals surface area contributed by atoms with Crippen molar-refractivity contribution in [2.75, 3.05) is 39.3 Å². The van der Waals surface area contributed by atoms with Crippen molar-refractivity contribution >= 4 is 34.7 Å². The molecule has 34 heavy (non-hydrogen) atoms. The van der Waals surface area contributed by atoms with E-state index in [4.69, 9.17) is 24.4 Å². The van der Waals surface area contributed by atoms with Gasteiger partial charge in [-0.3, -0.25) is 0 Å². The standard InChI is InChI=1S/C25H38N6S2.CH4/c32-24(30-20-22-10-3-1-4-11-22)28-18-8-16-26-14-7-15-27-17-9-19-29-25(33)31-21-23-12-5-2-6-13-23;/h1-6,10-13,26-27H,7-9,14-21H2,(H2,28,30,32)(H2,29,31,33);1H4. The summed E-state index contributed by atoms with van der Waals surface area (Å²) in [5.74, 6) is 0. The average molecular weight is 503 g/mol. The Labute approximate surface area is 217 Å². The molecule has 0 aromatic heterocycles. The van der Waals surface area contributed by atoms with Crippen molar-refractivity contribution in [1.29, 1.82) is 0 Å². The van der Waals surface area contributed by atoms with Gasteiger partial charge in [-0.15, -0.1) is 0 Å². The van der Waals surface area contributed by atoms with Crippen LogP contribution in [-0.2, 0) is 13.1 Å². The molecule has 0 saturated heterocycles. The first-order valence-electron chi connectivity index (χ1n) is 11.8. The largest absolute Gasteiger partial charge is 0.363 e. The lowest BCUT2D eigenvalue weighted by Crippen LogP contribution is -2.36. The summed E-state index contributed by atoms with van der Waals surface area (Å²) in [6.45, 7) is 7.29. The van der Waals surface area contributed by atoms with Gasteiger partial charge >= 0.3 is 0 Å². The molecule has 2 aromatic rings. The van der Waals surface area contributed by atoms with Crippen LogP contribution in [-0.4, -0.2) is 49.5 Å². The fourth-order valence-electron chi connectivity index (χ4n) is 3.10. The molecule has 2 rings (SSSR count). The zero-order valence-electron chi connectivity index (χ0n) is 19.4. The van der Waals surface area contributed by atoms with Crippen LogP contribution in [0.2, 0.25) is 0 Å². The Hall–Kier alpha value is -2.26. The van der Waals surface area contributed by atoms with Gasteiger partial charge in [0.05, 0.1) is 0 Å². The lowest BCUT2D eigenvalue weighted by Gasteiger charge is -2.11. The molecule has 0 heterocycles. The Balaban J connectivity index is 0.00000578. The molecule has 0 spiro atoms. The number of benzene rings is 2. The van der Waals surface area contributed by atoms with E-state index in [0.29, 0.717) is 10.2 Å². The second kappa shape index (κ2) is 20.1. The van der Waals surface area contributed by atoms with E-state index >= 15 is 0 Å². The van der Waals surface area contributed by atoms with Crippen LogP contribution in [0, 0.1) is 0 Å². The lowest BCUT2D eigenvalue weighted by molar-refractivity contribution is 0.571. The number of rotatable bonds is 16. The maximum Gasteiger partial charge on any atom is 0.166 e. The van der Waals surface area contributed by atoms with E-state index in [1.807, 2.05) is 36.4 Å². The predicted molar refractivity (Wildman–Crippen MR) is 154 cm³/mol. The first-order valence-corrected chi connectivity index (χ1v) is 12.6. The van der Waals surface area contributed by atoms with Crippen LogP contribution in [0.1, 0.15) is 37.8 Å². The molecule has 6 N–H and O–H groups in total. The van der Waals surface area contributed by atoms with Gasteiger partial charge in [0.15, 0.2) is 10.2 Å². The number of thiocarbonyl (C=S) groups is 2. The van der Waals surface area contributed by atoms with Crippen LogP contribution in [0.4, 0.5) is 0 Å². The molecule has 0 amide bonds. The highest BCUT2D eigenvalue weighted by Gasteiger charge is 1.97. The van der Waals surface area contributed by atoms with E-state index in [1.54, 1.807) is 0 Å². The minimum absolute atomic E-state index is 0. The average Bonchev–Trinajstić information content (AvgIpc) is 2.85. The highest BCUT2D eigenvalue weighted by Crippen LogP contribution is 1.97. The van der Waals surface area contributed by atoms with Crippen molar-refractivity contribution in [1.82, 2.24) is 31.9 Å². The Bertz CT molecular complexity index is 708. The Morgan fingerprint density at radius 2 is 0.853 bits per heavy atom. The summed E-state index contributed by atoms with van der Waals surface area (Å²) >= 11 is 10.6. The summed E-state index contributed by atoms with van der Waals surface area (Å²) in [6, 6.07) is 20.5. The quantitative estimate of drug-likeness (QED) is 0.154. The number of hydrogen-bond donors (Lipinski definition) is 6. The summed E-state index contributed by atoms with van der Waals surface area (Å²) in [5.41, 5.74) is 2.46. The van der Waals surface area contributed by atoms with E-state index in [1.165, 1.54) is 11.1 Å². The van der Waals surface area contributed by atoms with Gasteiger partial charge in [0.1, 0.15) is 0 Å². The molecule has 0 aliphatic heterocycles. The smallest absolute Gasteiger partial charge is 0.166 e. The Morgan fingerprint density at radius 3 is 1.24 bits per heavy atom. The van der Waals surface area contributed by atoms with Gasteiger partial charge in [-0.25, -0.2) is 0 Å². The molecular weight excluding hydrogens is 460 g/mol. The van der Waals surface area contributed by atoms with Gasteiger partial charge in [-0.2, -0.15) is 0 Å². The first kappa shape index (κ1) is 29.8. The molecule has 0 atom stereocenters. The summed E-state index contributed by atoms with van der Waals surface area (Å²) < 4.78 is 0. The predicted octanol–water partition coefficient (Wildman–Crippen LogP) is 3.30. The fourth-order valence-corrected chi connectivity index (χ4v) is 3.45. The molecule has 0 aliphatic carbocycles. The van der Waals surface area contributed by atoms with Gasteiger partial charge in [0.2, 0.25) is 0 Å². The molecule has 8 heteroatoms. The molecule has 0 saturated carbocycles. The van der Waals surface area contributed by atoms with E-state index < -0.39 is 0 Å². The number of hydrogen-bond acceptors (Lipinski definition) is 4. The van der Waals surface area contributed by atoms with Crippen molar-refractivity contribution in [3.05, 3.63) is 71.8 Å². The number of nitrogens with one attached hydrogen (secondary N) is 6. The SMILES string of the molecule is C.S=C(NCCCNCCCNCCCNC(=S)NCc1ccccc1)NCc1ccccc1. The van der Waals surface area contributed by atoms with Gasteiger partial charge < -0.3 is 31.9 Å². The molecule has 0 unspecified atom stereocenters. The molecule has 6 nitrogen and oxygen atoms in total. The van der Waals surface area contributed by atoms with Crippen LogP contribution in [0.15, 0.2) is 60.7 Å². The second-order valence-corrected chi connectivity index (χ2v) is 8.57. The Morgan fingerprint density at radius 1 is 0.500 bits per heavy atom. The van der Waals surface area contributed by atoms with Crippen molar-refractivity contribution in [2.24, 2.45) is 0 Å². The maximum atomic E-state index is 5.31. The van der Waals surface area contributed by atoms with Crippen LogP contribution >= 0.6 is 24.4 Å². The van der Waals surface area contributed by atoms with Gasteiger partial charge in [0.25, 0.3) is 0 Å². The van der Waals surface area contributed by atoms with Crippen molar-refractivity contribution in [3.63, 3.8) is 0 Å². The van der Waals surface area contributed by atoms with Gasteiger partial charge in [-0.1, -0.05) is 68.1 Å². The zero-order chi connectivity index (χ0) is 23.4. The second-order valence-electron chi connectivity index (χ2n) is 7.75. The third kappa shape index (κ3) is 15.6. The van der Waals surface area contributed by atoms with E-state index in [0.717, 1.165) is 71.6 Å². The van der Waals surface area contributed by atoms with E-state index in [2.05, 4.69) is 56.2 Å². The van der Waals surface area contributed by atoms with Gasteiger partial charge in [-0.05, 0) is 81.0 Å². The fraction of sp³-hybridized carbons (Fsp3) is 0.462. The van der Waals surface area contributed by atoms with Gasteiger partial charge in [0, 0.05) is 26.2 Å². The van der Waals surface area contributed by atoms with Crippen LogP contribution in [0.25, 0.3) is 0 Å². The first-order chi connectivity index (χ1) is 16.2. The minimum Gasteiger partial charge on any atom is -0.363 e. The summed E-state index contributed by atoms with van der Waals surface area (Å²) in [5, 5.41) is 21.4. The highest BCUT2D eigenvalue weighted by atomic mass is 32.1.